The monoisotopic (exact) mass is 311 g/mol. The maximum absolute atomic E-state index is 6.05. The van der Waals surface area contributed by atoms with Gasteiger partial charge in [-0.3, -0.25) is 4.90 Å². The number of halogens is 1. The van der Waals surface area contributed by atoms with Crippen LogP contribution >= 0.6 is 11.6 Å². The quantitative estimate of drug-likeness (QED) is 0.846. The van der Waals surface area contributed by atoms with Crippen LogP contribution in [0, 0.1) is 0 Å². The van der Waals surface area contributed by atoms with Crippen LogP contribution in [0.25, 0.3) is 0 Å². The van der Waals surface area contributed by atoms with Crippen LogP contribution in [0.4, 0.5) is 0 Å². The second-order valence-electron chi connectivity index (χ2n) is 6.26. The molecule has 0 amide bonds. The number of benzene rings is 2. The lowest BCUT2D eigenvalue weighted by molar-refractivity contribution is 0.148. The van der Waals surface area contributed by atoms with Crippen molar-refractivity contribution in [2.45, 2.75) is 17.9 Å². The molecule has 1 saturated heterocycles. The molecular formula is C19H20ClN2. The van der Waals surface area contributed by atoms with E-state index in [2.05, 4.69) is 52.7 Å². The van der Waals surface area contributed by atoms with Crippen LogP contribution in [0.5, 0.6) is 0 Å². The van der Waals surface area contributed by atoms with Crippen LogP contribution in [-0.2, 0) is 5.54 Å². The van der Waals surface area contributed by atoms with Gasteiger partial charge in [0.1, 0.15) is 0 Å². The summed E-state index contributed by atoms with van der Waals surface area (Å²) in [5, 5.41) is 5.32. The van der Waals surface area contributed by atoms with E-state index in [1.165, 1.54) is 17.5 Å². The Morgan fingerprint density at radius 3 is 2.32 bits per heavy atom. The maximum Gasteiger partial charge on any atom is 0.0537 e. The molecule has 1 radical (unpaired) electrons. The Morgan fingerprint density at radius 1 is 0.955 bits per heavy atom. The van der Waals surface area contributed by atoms with E-state index < -0.39 is 0 Å². The van der Waals surface area contributed by atoms with E-state index in [4.69, 9.17) is 11.6 Å². The summed E-state index contributed by atoms with van der Waals surface area (Å²) in [7, 11) is 0. The number of nitrogens with zero attached hydrogens (tertiary/aromatic N) is 2. The first-order valence-electron chi connectivity index (χ1n) is 8.00. The molecule has 2 aliphatic rings. The minimum Gasteiger partial charge on any atom is -0.290 e. The van der Waals surface area contributed by atoms with Gasteiger partial charge in [-0.1, -0.05) is 54.1 Å². The first-order valence-corrected chi connectivity index (χ1v) is 8.38. The lowest BCUT2D eigenvalue weighted by atomic mass is 9.96. The molecular weight excluding hydrogens is 292 g/mol. The molecule has 2 fully saturated rings. The molecule has 4 rings (SSSR count). The topological polar surface area (TPSA) is 17.3 Å². The third-order valence-corrected chi connectivity index (χ3v) is 5.35. The number of piperazine rings is 1. The third kappa shape index (κ3) is 2.36. The van der Waals surface area contributed by atoms with Crippen LogP contribution in [0.2, 0.25) is 5.02 Å². The molecule has 2 aromatic carbocycles. The highest BCUT2D eigenvalue weighted by Gasteiger charge is 2.59. The van der Waals surface area contributed by atoms with Crippen LogP contribution in [-0.4, -0.2) is 31.1 Å². The standard InChI is InChI=1S/C19H20ClN2/c20-17-8-6-15(7-9-17)18-14-19(18,16-4-2-1-3-5-16)22-12-10-21-11-13-22/h1-9,18H,10-14H2. The fourth-order valence-electron chi connectivity index (χ4n) is 3.92. The van der Waals surface area contributed by atoms with Crippen molar-refractivity contribution in [2.75, 3.05) is 26.2 Å². The number of hydrogen-bond acceptors (Lipinski definition) is 1. The molecule has 0 spiro atoms. The Balaban J connectivity index is 1.70. The van der Waals surface area contributed by atoms with Gasteiger partial charge in [-0.25, -0.2) is 5.32 Å². The van der Waals surface area contributed by atoms with Crippen molar-refractivity contribution in [1.82, 2.24) is 10.2 Å². The third-order valence-electron chi connectivity index (χ3n) is 5.10. The summed E-state index contributed by atoms with van der Waals surface area (Å²) in [5.41, 5.74) is 3.00. The molecule has 2 aromatic rings. The van der Waals surface area contributed by atoms with E-state index in [-0.39, 0.29) is 5.54 Å². The van der Waals surface area contributed by atoms with Gasteiger partial charge in [0, 0.05) is 37.1 Å². The summed E-state index contributed by atoms with van der Waals surface area (Å²) < 4.78 is 0. The minimum atomic E-state index is 0.158. The fraction of sp³-hybridized carbons (Fsp3) is 0.368. The predicted molar refractivity (Wildman–Crippen MR) is 90.4 cm³/mol. The van der Waals surface area contributed by atoms with Gasteiger partial charge < -0.3 is 0 Å². The van der Waals surface area contributed by atoms with Crippen molar-refractivity contribution in [1.29, 1.82) is 0 Å². The molecule has 1 aliphatic carbocycles. The van der Waals surface area contributed by atoms with Crippen molar-refractivity contribution in [3.05, 3.63) is 70.7 Å². The highest BCUT2D eigenvalue weighted by molar-refractivity contribution is 6.30. The summed E-state index contributed by atoms with van der Waals surface area (Å²) >= 11 is 6.05. The van der Waals surface area contributed by atoms with E-state index >= 15 is 0 Å². The van der Waals surface area contributed by atoms with Crippen molar-refractivity contribution in [3.63, 3.8) is 0 Å². The van der Waals surface area contributed by atoms with Crippen molar-refractivity contribution < 1.29 is 0 Å². The molecule has 22 heavy (non-hydrogen) atoms. The van der Waals surface area contributed by atoms with Gasteiger partial charge in [0.2, 0.25) is 0 Å². The molecule has 0 aromatic heterocycles. The van der Waals surface area contributed by atoms with Crippen molar-refractivity contribution in [2.24, 2.45) is 0 Å². The SMILES string of the molecule is Clc1ccc(C2CC2(c2ccccc2)N2CC[N]CC2)cc1. The first-order chi connectivity index (χ1) is 10.8. The number of hydrogen-bond donors (Lipinski definition) is 0. The van der Waals surface area contributed by atoms with E-state index in [0.717, 1.165) is 31.2 Å². The zero-order valence-corrected chi connectivity index (χ0v) is 13.3. The molecule has 0 N–H and O–H groups in total. The summed E-state index contributed by atoms with van der Waals surface area (Å²) in [4.78, 5) is 2.65. The molecule has 3 heteroatoms. The Morgan fingerprint density at radius 2 is 1.64 bits per heavy atom. The second kappa shape index (κ2) is 5.69. The van der Waals surface area contributed by atoms with Crippen molar-refractivity contribution in [3.8, 4) is 0 Å². The summed E-state index contributed by atoms with van der Waals surface area (Å²) in [6, 6.07) is 19.4. The summed E-state index contributed by atoms with van der Waals surface area (Å²) in [6.45, 7) is 4.06. The average Bonchev–Trinajstić information content (AvgIpc) is 3.34. The zero-order chi connectivity index (χ0) is 15.0. The fourth-order valence-corrected chi connectivity index (χ4v) is 4.05. The Labute approximate surface area is 137 Å². The Hall–Kier alpha value is -1.35. The van der Waals surface area contributed by atoms with Gasteiger partial charge in [0.15, 0.2) is 0 Å². The van der Waals surface area contributed by atoms with E-state index in [0.29, 0.717) is 5.92 Å². The number of rotatable bonds is 3. The van der Waals surface area contributed by atoms with Gasteiger partial charge in [-0.05, 0) is 29.7 Å². The van der Waals surface area contributed by atoms with Crippen molar-refractivity contribution >= 4 is 11.6 Å². The molecule has 1 heterocycles. The van der Waals surface area contributed by atoms with Gasteiger partial charge in [-0.15, -0.1) is 0 Å². The van der Waals surface area contributed by atoms with Gasteiger partial charge in [0.05, 0.1) is 5.54 Å². The highest BCUT2D eigenvalue weighted by Crippen LogP contribution is 2.62. The highest BCUT2D eigenvalue weighted by atomic mass is 35.5. The molecule has 1 saturated carbocycles. The van der Waals surface area contributed by atoms with Gasteiger partial charge in [-0.2, -0.15) is 0 Å². The minimum absolute atomic E-state index is 0.158. The van der Waals surface area contributed by atoms with Crippen LogP contribution in [0.1, 0.15) is 23.5 Å². The first kappa shape index (κ1) is 14.3. The maximum atomic E-state index is 6.05. The van der Waals surface area contributed by atoms with E-state index in [9.17, 15) is 0 Å². The molecule has 2 atom stereocenters. The summed E-state index contributed by atoms with van der Waals surface area (Å²) in [5.74, 6) is 0.560. The lowest BCUT2D eigenvalue weighted by Crippen LogP contribution is -2.47. The smallest absolute Gasteiger partial charge is 0.0537 e. The van der Waals surface area contributed by atoms with Crippen LogP contribution in [0.3, 0.4) is 0 Å². The molecule has 113 valence electrons. The van der Waals surface area contributed by atoms with Crippen LogP contribution < -0.4 is 5.32 Å². The lowest BCUT2D eigenvalue weighted by Gasteiger charge is -2.36. The van der Waals surface area contributed by atoms with Gasteiger partial charge in [0.25, 0.3) is 0 Å². The molecule has 0 bridgehead atoms. The second-order valence-corrected chi connectivity index (χ2v) is 6.69. The summed E-state index contributed by atoms with van der Waals surface area (Å²) in [6.07, 6.45) is 1.19. The molecule has 2 unspecified atom stereocenters. The Bertz CT molecular complexity index is 634. The largest absolute Gasteiger partial charge is 0.290 e. The average molecular weight is 312 g/mol. The Kier molecular flexibility index (Phi) is 3.69. The normalized spacial score (nSPS) is 28.5. The van der Waals surface area contributed by atoms with E-state index in [1.807, 2.05) is 12.1 Å². The van der Waals surface area contributed by atoms with Gasteiger partial charge >= 0.3 is 0 Å². The zero-order valence-electron chi connectivity index (χ0n) is 12.6. The predicted octanol–water partition coefficient (Wildman–Crippen LogP) is 3.64. The van der Waals surface area contributed by atoms with Crippen LogP contribution in [0.15, 0.2) is 54.6 Å². The van der Waals surface area contributed by atoms with E-state index in [1.54, 1.807) is 0 Å². The molecule has 1 aliphatic heterocycles. The molecule has 2 nitrogen and oxygen atoms in total.